The second kappa shape index (κ2) is 3.73. The van der Waals surface area contributed by atoms with Crippen LogP contribution in [0, 0.1) is 11.3 Å². The first kappa shape index (κ1) is 9.97. The molecule has 13 heavy (non-hydrogen) atoms. The highest BCUT2D eigenvalue weighted by Crippen LogP contribution is 2.33. The van der Waals surface area contributed by atoms with Crippen LogP contribution in [0.5, 0.6) is 0 Å². The summed E-state index contributed by atoms with van der Waals surface area (Å²) in [5, 5.41) is 10.8. The van der Waals surface area contributed by atoms with Crippen molar-refractivity contribution in [3.63, 3.8) is 0 Å². The Morgan fingerprint density at radius 3 is 2.62 bits per heavy atom. The van der Waals surface area contributed by atoms with Crippen molar-refractivity contribution in [2.45, 2.75) is 44.3 Å². The second-order valence-electron chi connectivity index (χ2n) is 3.50. The average Bonchev–Trinajstić information content (AvgIpc) is 2.53. The summed E-state index contributed by atoms with van der Waals surface area (Å²) in [6.45, 7) is 1.54. The lowest BCUT2D eigenvalue weighted by Gasteiger charge is -2.18. The van der Waals surface area contributed by atoms with Gasteiger partial charge in [0.15, 0.2) is 5.67 Å². The lowest BCUT2D eigenvalue weighted by molar-refractivity contribution is -0.132. The van der Waals surface area contributed by atoms with Gasteiger partial charge in [0.2, 0.25) is 0 Å². The highest BCUT2D eigenvalue weighted by molar-refractivity contribution is 5.85. The van der Waals surface area contributed by atoms with Crippen LogP contribution < -0.4 is 5.32 Å². The Balaban J connectivity index is 2.52. The van der Waals surface area contributed by atoms with Crippen LogP contribution in [-0.4, -0.2) is 17.6 Å². The normalized spacial score (nSPS) is 21.9. The summed E-state index contributed by atoms with van der Waals surface area (Å²) in [5.74, 6) is -0.626. The van der Waals surface area contributed by atoms with E-state index in [2.05, 4.69) is 5.32 Å². The standard InChI is InChI=1S/C9H13FN2O/c1-7(6-11)12-8(13)9(10)4-2-3-5-9/h7H,2-5H2,1H3,(H,12,13)/t7-/m1/s1. The van der Waals surface area contributed by atoms with Crippen molar-refractivity contribution in [1.82, 2.24) is 5.32 Å². The average molecular weight is 184 g/mol. The van der Waals surface area contributed by atoms with Crippen molar-refractivity contribution >= 4 is 5.91 Å². The van der Waals surface area contributed by atoms with E-state index in [9.17, 15) is 9.18 Å². The molecule has 0 aliphatic heterocycles. The van der Waals surface area contributed by atoms with Crippen molar-refractivity contribution in [3.8, 4) is 6.07 Å². The molecule has 0 bridgehead atoms. The number of halogens is 1. The Kier molecular flexibility index (Phi) is 2.86. The lowest BCUT2D eigenvalue weighted by Crippen LogP contribution is -2.44. The number of hydrogen-bond donors (Lipinski definition) is 1. The number of amides is 1. The largest absolute Gasteiger partial charge is 0.338 e. The van der Waals surface area contributed by atoms with Crippen molar-refractivity contribution in [2.24, 2.45) is 0 Å². The van der Waals surface area contributed by atoms with Gasteiger partial charge in [0, 0.05) is 0 Å². The van der Waals surface area contributed by atoms with E-state index >= 15 is 0 Å². The maximum atomic E-state index is 13.7. The number of hydrogen-bond acceptors (Lipinski definition) is 2. The van der Waals surface area contributed by atoms with Crippen LogP contribution in [0.25, 0.3) is 0 Å². The van der Waals surface area contributed by atoms with E-state index in [0.29, 0.717) is 0 Å². The van der Waals surface area contributed by atoms with E-state index in [1.165, 1.54) is 6.92 Å². The molecule has 0 aromatic heterocycles. The predicted molar refractivity (Wildman–Crippen MR) is 45.5 cm³/mol. The van der Waals surface area contributed by atoms with Gasteiger partial charge in [0.1, 0.15) is 6.04 Å². The van der Waals surface area contributed by atoms with Gasteiger partial charge in [0.05, 0.1) is 6.07 Å². The molecule has 0 unspecified atom stereocenters. The molecular formula is C9H13FN2O. The monoisotopic (exact) mass is 184 g/mol. The van der Waals surface area contributed by atoms with Gasteiger partial charge in [-0.2, -0.15) is 5.26 Å². The van der Waals surface area contributed by atoms with Crippen LogP contribution in [0.3, 0.4) is 0 Å². The number of nitrogens with zero attached hydrogens (tertiary/aromatic N) is 1. The molecule has 1 aliphatic rings. The minimum absolute atomic E-state index is 0.289. The molecule has 3 nitrogen and oxygen atoms in total. The minimum Gasteiger partial charge on any atom is -0.338 e. The molecule has 0 heterocycles. The molecular weight excluding hydrogens is 171 g/mol. The molecule has 4 heteroatoms. The fourth-order valence-corrected chi connectivity index (χ4v) is 1.52. The fraction of sp³-hybridized carbons (Fsp3) is 0.778. The Morgan fingerprint density at radius 2 is 2.15 bits per heavy atom. The van der Waals surface area contributed by atoms with Gasteiger partial charge in [-0.25, -0.2) is 4.39 Å². The molecule has 1 rings (SSSR count). The van der Waals surface area contributed by atoms with Gasteiger partial charge in [-0.1, -0.05) is 0 Å². The van der Waals surface area contributed by atoms with Crippen molar-refractivity contribution in [1.29, 1.82) is 5.26 Å². The molecule has 0 spiro atoms. The molecule has 0 saturated heterocycles. The minimum atomic E-state index is -1.72. The molecule has 1 aliphatic carbocycles. The molecule has 1 fully saturated rings. The predicted octanol–water partition coefficient (Wildman–Crippen LogP) is 1.30. The number of nitriles is 1. The van der Waals surface area contributed by atoms with Crippen LogP contribution >= 0.6 is 0 Å². The number of alkyl halides is 1. The Morgan fingerprint density at radius 1 is 1.62 bits per heavy atom. The molecule has 1 saturated carbocycles. The van der Waals surface area contributed by atoms with Gasteiger partial charge in [0.25, 0.3) is 5.91 Å². The Hall–Kier alpha value is -1.11. The molecule has 1 atom stereocenters. The van der Waals surface area contributed by atoms with Gasteiger partial charge in [-0.15, -0.1) is 0 Å². The number of carbonyl (C=O) groups is 1. The van der Waals surface area contributed by atoms with E-state index in [1.54, 1.807) is 0 Å². The van der Waals surface area contributed by atoms with Crippen LogP contribution in [-0.2, 0) is 4.79 Å². The van der Waals surface area contributed by atoms with Gasteiger partial charge in [-0.3, -0.25) is 4.79 Å². The molecule has 1 amide bonds. The summed E-state index contributed by atoms with van der Waals surface area (Å²) < 4.78 is 13.7. The first-order valence-corrected chi connectivity index (χ1v) is 4.48. The fourth-order valence-electron chi connectivity index (χ4n) is 1.52. The van der Waals surface area contributed by atoms with Gasteiger partial charge < -0.3 is 5.32 Å². The van der Waals surface area contributed by atoms with Crippen LogP contribution in [0.4, 0.5) is 4.39 Å². The third-order valence-corrected chi connectivity index (χ3v) is 2.34. The van der Waals surface area contributed by atoms with Crippen LogP contribution in [0.15, 0.2) is 0 Å². The zero-order valence-corrected chi connectivity index (χ0v) is 7.64. The van der Waals surface area contributed by atoms with Gasteiger partial charge >= 0.3 is 0 Å². The summed E-state index contributed by atoms with van der Waals surface area (Å²) in [7, 11) is 0. The van der Waals surface area contributed by atoms with Crippen molar-refractivity contribution in [2.75, 3.05) is 0 Å². The maximum absolute atomic E-state index is 13.7. The maximum Gasteiger partial charge on any atom is 0.258 e. The third kappa shape index (κ3) is 2.18. The van der Waals surface area contributed by atoms with E-state index in [-0.39, 0.29) is 12.8 Å². The van der Waals surface area contributed by atoms with Crippen LogP contribution in [0.1, 0.15) is 32.6 Å². The van der Waals surface area contributed by atoms with E-state index < -0.39 is 17.6 Å². The van der Waals surface area contributed by atoms with E-state index in [4.69, 9.17) is 5.26 Å². The van der Waals surface area contributed by atoms with E-state index in [1.807, 2.05) is 6.07 Å². The molecule has 0 aromatic rings. The second-order valence-corrected chi connectivity index (χ2v) is 3.50. The van der Waals surface area contributed by atoms with Crippen molar-refractivity contribution in [3.05, 3.63) is 0 Å². The quantitative estimate of drug-likeness (QED) is 0.703. The SMILES string of the molecule is C[C@H](C#N)NC(=O)C1(F)CCCC1. The molecule has 0 radical (unpaired) electrons. The molecule has 72 valence electrons. The zero-order chi connectivity index (χ0) is 9.90. The summed E-state index contributed by atoms with van der Waals surface area (Å²) in [5.41, 5.74) is -1.72. The Bertz CT molecular complexity index is 240. The third-order valence-electron chi connectivity index (χ3n) is 2.34. The summed E-state index contributed by atoms with van der Waals surface area (Å²) in [6, 6.07) is 1.23. The number of rotatable bonds is 2. The molecule has 1 N–H and O–H groups in total. The highest BCUT2D eigenvalue weighted by Gasteiger charge is 2.41. The Labute approximate surface area is 76.9 Å². The summed E-state index contributed by atoms with van der Waals surface area (Å²) in [6.07, 6.45) is 2.09. The van der Waals surface area contributed by atoms with Crippen LogP contribution in [0.2, 0.25) is 0 Å². The number of carbonyl (C=O) groups excluding carboxylic acids is 1. The van der Waals surface area contributed by atoms with E-state index in [0.717, 1.165) is 12.8 Å². The molecule has 0 aromatic carbocycles. The zero-order valence-electron chi connectivity index (χ0n) is 7.64. The highest BCUT2D eigenvalue weighted by atomic mass is 19.1. The smallest absolute Gasteiger partial charge is 0.258 e. The number of nitrogens with one attached hydrogen (secondary N) is 1. The van der Waals surface area contributed by atoms with Gasteiger partial charge in [-0.05, 0) is 32.6 Å². The lowest BCUT2D eigenvalue weighted by atomic mass is 10.0. The van der Waals surface area contributed by atoms with Crippen molar-refractivity contribution < 1.29 is 9.18 Å². The topological polar surface area (TPSA) is 52.9 Å². The summed E-state index contributed by atoms with van der Waals surface area (Å²) >= 11 is 0. The first-order chi connectivity index (χ1) is 6.08. The first-order valence-electron chi connectivity index (χ1n) is 4.48. The summed E-state index contributed by atoms with van der Waals surface area (Å²) in [4.78, 5) is 11.3.